The Balaban J connectivity index is 1.53. The van der Waals surface area contributed by atoms with Crippen molar-refractivity contribution < 1.29 is 29.1 Å². The van der Waals surface area contributed by atoms with E-state index >= 15 is 0 Å². The Labute approximate surface area is 205 Å². The Bertz CT molecular complexity index is 1060. The summed E-state index contributed by atoms with van der Waals surface area (Å²) in [6.45, 7) is -0.683. The quantitative estimate of drug-likeness (QED) is 0.157. The van der Waals surface area contributed by atoms with E-state index in [1.54, 1.807) is 6.20 Å². The molecule has 15 heteroatoms. The van der Waals surface area contributed by atoms with Crippen LogP contribution in [0.15, 0.2) is 25.0 Å². The summed E-state index contributed by atoms with van der Waals surface area (Å²) < 4.78 is 0. The largest absolute Gasteiger partial charge is 0.480 e. The lowest BCUT2D eigenvalue weighted by molar-refractivity contribution is -0.139. The third-order valence-corrected chi connectivity index (χ3v) is 5.62. The lowest BCUT2D eigenvalue weighted by atomic mass is 10.1. The number of carboxylic acid groups (broad SMARTS) is 1. The van der Waals surface area contributed by atoms with Gasteiger partial charge in [-0.05, 0) is 12.8 Å². The van der Waals surface area contributed by atoms with Crippen molar-refractivity contribution in [1.82, 2.24) is 40.8 Å². The monoisotopic (exact) mass is 503 g/mol. The fraction of sp³-hybridized carbons (Fsp3) is 0.476. The Morgan fingerprint density at radius 2 is 1.72 bits per heavy atom. The highest BCUT2D eigenvalue weighted by molar-refractivity contribution is 5.94. The van der Waals surface area contributed by atoms with Gasteiger partial charge in [0.2, 0.25) is 23.6 Å². The molecule has 0 bridgehead atoms. The van der Waals surface area contributed by atoms with Crippen molar-refractivity contribution in [1.29, 1.82) is 0 Å². The number of aromatic nitrogens is 4. The zero-order valence-electron chi connectivity index (χ0n) is 19.4. The van der Waals surface area contributed by atoms with E-state index in [1.165, 1.54) is 23.8 Å². The number of rotatable bonds is 12. The summed E-state index contributed by atoms with van der Waals surface area (Å²) in [6, 6.07) is -2.72. The maximum Gasteiger partial charge on any atom is 0.322 e. The normalized spacial score (nSPS) is 16.7. The molecule has 4 amide bonds. The number of nitrogens with two attached hydrogens (primary N) is 1. The molecule has 194 valence electrons. The first kappa shape index (κ1) is 26.3. The number of nitrogens with one attached hydrogen (secondary N) is 5. The van der Waals surface area contributed by atoms with E-state index in [-0.39, 0.29) is 18.7 Å². The Morgan fingerprint density at radius 3 is 2.33 bits per heavy atom. The molecule has 8 N–H and O–H groups in total. The van der Waals surface area contributed by atoms with Crippen LogP contribution >= 0.6 is 0 Å². The number of hydrogen-bond donors (Lipinski definition) is 7. The molecule has 2 aromatic rings. The topological polar surface area (TPSA) is 228 Å². The summed E-state index contributed by atoms with van der Waals surface area (Å²) in [6.07, 6.45) is 7.24. The number of amides is 4. The van der Waals surface area contributed by atoms with E-state index in [4.69, 9.17) is 10.8 Å². The summed E-state index contributed by atoms with van der Waals surface area (Å²) in [5, 5.41) is 16.0. The van der Waals surface area contributed by atoms with Crippen molar-refractivity contribution in [2.45, 2.75) is 43.8 Å². The maximum atomic E-state index is 12.8. The summed E-state index contributed by atoms with van der Waals surface area (Å²) >= 11 is 0. The minimum absolute atomic E-state index is 0.0320. The molecule has 1 saturated heterocycles. The molecule has 0 unspecified atom stereocenters. The van der Waals surface area contributed by atoms with E-state index in [0.717, 1.165) is 0 Å². The van der Waals surface area contributed by atoms with Crippen LogP contribution in [0.2, 0.25) is 0 Å². The fourth-order valence-corrected chi connectivity index (χ4v) is 3.88. The second kappa shape index (κ2) is 12.4. The zero-order chi connectivity index (χ0) is 26.1. The number of nitrogens with zero attached hydrogens (tertiary/aromatic N) is 3. The Kier molecular flexibility index (Phi) is 9.10. The molecule has 3 heterocycles. The number of carboxylic acids is 1. The lowest BCUT2D eigenvalue weighted by Gasteiger charge is -2.26. The second-order valence-corrected chi connectivity index (χ2v) is 8.31. The van der Waals surface area contributed by atoms with Gasteiger partial charge < -0.3 is 41.7 Å². The lowest BCUT2D eigenvalue weighted by Crippen LogP contribution is -2.54. The van der Waals surface area contributed by atoms with Crippen LogP contribution in [0.5, 0.6) is 0 Å². The van der Waals surface area contributed by atoms with Crippen LogP contribution in [0.4, 0.5) is 0 Å². The highest BCUT2D eigenvalue weighted by Crippen LogP contribution is 2.19. The smallest absolute Gasteiger partial charge is 0.322 e. The van der Waals surface area contributed by atoms with Crippen molar-refractivity contribution in [2.75, 3.05) is 19.6 Å². The van der Waals surface area contributed by atoms with E-state index in [1.807, 2.05) is 0 Å². The molecule has 36 heavy (non-hydrogen) atoms. The van der Waals surface area contributed by atoms with Gasteiger partial charge in [-0.3, -0.25) is 24.0 Å². The number of H-pyrrole nitrogens is 2. The number of carbonyl (C=O) groups is 5. The zero-order valence-corrected chi connectivity index (χ0v) is 19.4. The van der Waals surface area contributed by atoms with Crippen molar-refractivity contribution >= 4 is 29.6 Å². The van der Waals surface area contributed by atoms with Gasteiger partial charge in [0.1, 0.15) is 18.6 Å². The second-order valence-electron chi connectivity index (χ2n) is 8.31. The van der Waals surface area contributed by atoms with Crippen LogP contribution in [0.25, 0.3) is 0 Å². The number of likely N-dealkylation sites (tertiary alicyclic amines) is 1. The van der Waals surface area contributed by atoms with E-state index in [2.05, 4.69) is 35.9 Å². The summed E-state index contributed by atoms with van der Waals surface area (Å²) in [7, 11) is 0. The number of hydrogen-bond acceptors (Lipinski definition) is 8. The van der Waals surface area contributed by atoms with Crippen LogP contribution in [0.3, 0.4) is 0 Å². The molecule has 0 aliphatic carbocycles. The minimum Gasteiger partial charge on any atom is -0.480 e. The van der Waals surface area contributed by atoms with Crippen molar-refractivity contribution in [3.05, 3.63) is 36.4 Å². The molecule has 0 aromatic carbocycles. The van der Waals surface area contributed by atoms with Gasteiger partial charge in [0, 0.05) is 43.2 Å². The van der Waals surface area contributed by atoms with Gasteiger partial charge in [-0.1, -0.05) is 0 Å². The van der Waals surface area contributed by atoms with E-state index in [9.17, 15) is 24.0 Å². The molecule has 3 atom stereocenters. The summed E-state index contributed by atoms with van der Waals surface area (Å²) in [4.78, 5) is 76.0. The first-order valence-electron chi connectivity index (χ1n) is 11.3. The molecular weight excluding hydrogens is 474 g/mol. The van der Waals surface area contributed by atoms with Crippen molar-refractivity contribution in [3.8, 4) is 0 Å². The molecular formula is C21H29N9O6. The third kappa shape index (κ3) is 7.36. The van der Waals surface area contributed by atoms with E-state index < -0.39 is 54.9 Å². The van der Waals surface area contributed by atoms with Gasteiger partial charge in [0.15, 0.2) is 0 Å². The van der Waals surface area contributed by atoms with Gasteiger partial charge in [-0.25, -0.2) is 9.97 Å². The maximum absolute atomic E-state index is 12.8. The number of carbonyl (C=O) groups excluding carboxylic acids is 4. The molecule has 0 radical (unpaired) electrons. The van der Waals surface area contributed by atoms with Gasteiger partial charge in [0.25, 0.3) is 0 Å². The van der Waals surface area contributed by atoms with Gasteiger partial charge in [-0.2, -0.15) is 0 Å². The highest BCUT2D eigenvalue weighted by Gasteiger charge is 2.36. The molecule has 1 fully saturated rings. The minimum atomic E-state index is -1.23. The Morgan fingerprint density at radius 1 is 1.06 bits per heavy atom. The van der Waals surface area contributed by atoms with Crippen molar-refractivity contribution in [2.24, 2.45) is 5.73 Å². The average Bonchev–Trinajstić information content (AvgIpc) is 3.63. The summed E-state index contributed by atoms with van der Waals surface area (Å²) in [5.74, 6) is -3.48. The van der Waals surface area contributed by atoms with Crippen LogP contribution in [0.1, 0.15) is 24.2 Å². The fourth-order valence-electron chi connectivity index (χ4n) is 3.88. The van der Waals surface area contributed by atoms with Crippen molar-refractivity contribution in [3.63, 3.8) is 0 Å². The highest BCUT2D eigenvalue weighted by atomic mass is 16.4. The SMILES string of the molecule is N[C@@H](Cc1cnc[nH]1)C(=O)N1CCC[C@H]1C(=O)NCC(=O)N[C@@H](Cc1cnc[nH]1)C(=O)NCC(=O)O. The number of imidazole rings is 2. The number of aliphatic carboxylic acids is 1. The third-order valence-electron chi connectivity index (χ3n) is 5.62. The average molecular weight is 504 g/mol. The molecule has 15 nitrogen and oxygen atoms in total. The molecule has 1 aliphatic rings. The molecule has 2 aromatic heterocycles. The van der Waals surface area contributed by atoms with Crippen LogP contribution in [0, 0.1) is 0 Å². The molecule has 3 rings (SSSR count). The predicted molar refractivity (Wildman–Crippen MR) is 123 cm³/mol. The number of aromatic amines is 2. The predicted octanol–water partition coefficient (Wildman–Crippen LogP) is -2.96. The standard InChI is InChI=1S/C21H29N9O6/c22-14(4-12-6-23-10-27-12)21(36)30-3-1-2-16(30)20(35)25-8-17(31)29-15(5-13-7-24-11-28-13)19(34)26-9-18(32)33/h6-7,10-11,14-16H,1-5,8-9,22H2,(H,23,27)(H,24,28)(H,25,35)(H,26,34)(H,29,31)(H,32,33)/t14-,15-,16-/m0/s1. The van der Waals surface area contributed by atoms with Crippen LogP contribution < -0.4 is 21.7 Å². The molecule has 1 aliphatic heterocycles. The first-order valence-corrected chi connectivity index (χ1v) is 11.3. The molecule has 0 saturated carbocycles. The van der Waals surface area contributed by atoms with E-state index in [0.29, 0.717) is 30.8 Å². The molecule has 0 spiro atoms. The summed E-state index contributed by atoms with van der Waals surface area (Å²) in [5.41, 5.74) is 7.28. The van der Waals surface area contributed by atoms with Gasteiger partial charge in [-0.15, -0.1) is 0 Å². The Hall–Kier alpha value is -4.27. The first-order chi connectivity index (χ1) is 17.2. The van der Waals surface area contributed by atoms with Gasteiger partial charge in [0.05, 0.1) is 25.2 Å². The van der Waals surface area contributed by atoms with Crippen LogP contribution in [-0.4, -0.2) is 97.3 Å². The van der Waals surface area contributed by atoms with Crippen LogP contribution in [-0.2, 0) is 36.8 Å². The van der Waals surface area contributed by atoms with Gasteiger partial charge >= 0.3 is 5.97 Å².